The lowest BCUT2D eigenvalue weighted by atomic mass is 10.0. The molecule has 4 heterocycles. The van der Waals surface area contributed by atoms with Crippen molar-refractivity contribution >= 4 is 28.3 Å². The molecule has 5 rings (SSSR count). The first-order valence-electron chi connectivity index (χ1n) is 11.6. The van der Waals surface area contributed by atoms with Crippen molar-refractivity contribution in [3.63, 3.8) is 0 Å². The molecule has 1 aliphatic rings. The first kappa shape index (κ1) is 22.6. The third-order valence-electron chi connectivity index (χ3n) is 6.38. The number of fused-ring (bicyclic) bond motifs is 1. The molecule has 0 radical (unpaired) electrons. The molecule has 4 aromatic rings. The number of pyridine rings is 1. The average molecular weight is 476 g/mol. The minimum Gasteiger partial charge on any atom is -0.497 e. The predicted octanol–water partition coefficient (Wildman–Crippen LogP) is 4.43. The molecule has 0 aliphatic carbocycles. The molecule has 1 aromatic carbocycles. The van der Waals surface area contributed by atoms with Crippen molar-refractivity contribution in [1.82, 2.24) is 25.0 Å². The molecule has 1 atom stereocenters. The molecule has 1 N–H and O–H groups in total. The van der Waals surface area contributed by atoms with Crippen molar-refractivity contribution in [2.45, 2.75) is 32.4 Å². The molecule has 1 amide bonds. The highest BCUT2D eigenvalue weighted by Crippen LogP contribution is 2.27. The maximum Gasteiger partial charge on any atom is 0.252 e. The van der Waals surface area contributed by atoms with Crippen LogP contribution in [0.4, 0.5) is 0 Å². The predicted molar refractivity (Wildman–Crippen MR) is 135 cm³/mol. The van der Waals surface area contributed by atoms with E-state index in [9.17, 15) is 4.79 Å². The number of aryl methyl sites for hydroxylation is 1. The SMILES string of the molecule is COc1cccc([C@@H](CNC(=O)c2cc(C)nc3c2cnn3Cc2cccs2)N2CCCC2)c1. The van der Waals surface area contributed by atoms with Gasteiger partial charge in [-0.15, -0.1) is 11.3 Å². The number of methoxy groups -OCH3 is 1. The average Bonchev–Trinajstić information content (AvgIpc) is 3.63. The van der Waals surface area contributed by atoms with E-state index < -0.39 is 0 Å². The molecule has 0 unspecified atom stereocenters. The molecule has 3 aromatic heterocycles. The Balaban J connectivity index is 1.39. The maximum absolute atomic E-state index is 13.4. The van der Waals surface area contributed by atoms with Crippen molar-refractivity contribution in [3.8, 4) is 5.75 Å². The zero-order chi connectivity index (χ0) is 23.5. The smallest absolute Gasteiger partial charge is 0.252 e. The molecule has 1 aliphatic heterocycles. The van der Waals surface area contributed by atoms with E-state index in [4.69, 9.17) is 4.74 Å². The van der Waals surface area contributed by atoms with Gasteiger partial charge in [0.05, 0.1) is 36.8 Å². The van der Waals surface area contributed by atoms with E-state index in [0.717, 1.165) is 41.1 Å². The van der Waals surface area contributed by atoms with Crippen LogP contribution in [0.3, 0.4) is 0 Å². The number of ether oxygens (including phenoxy) is 1. The summed E-state index contributed by atoms with van der Waals surface area (Å²) in [4.78, 5) is 21.7. The number of nitrogens with one attached hydrogen (secondary N) is 1. The number of benzene rings is 1. The van der Waals surface area contributed by atoms with Gasteiger partial charge in [-0.05, 0) is 68.1 Å². The number of hydrogen-bond acceptors (Lipinski definition) is 6. The van der Waals surface area contributed by atoms with Gasteiger partial charge in [-0.1, -0.05) is 18.2 Å². The molecule has 1 fully saturated rings. The van der Waals surface area contributed by atoms with E-state index in [0.29, 0.717) is 18.7 Å². The van der Waals surface area contributed by atoms with E-state index in [1.54, 1.807) is 24.6 Å². The van der Waals surface area contributed by atoms with Crippen molar-refractivity contribution in [1.29, 1.82) is 0 Å². The lowest BCUT2D eigenvalue weighted by Gasteiger charge is -2.28. The first-order chi connectivity index (χ1) is 16.6. The summed E-state index contributed by atoms with van der Waals surface area (Å²) in [6, 6.07) is 14.2. The van der Waals surface area contributed by atoms with Gasteiger partial charge in [0.15, 0.2) is 5.65 Å². The Bertz CT molecular complexity index is 1280. The third-order valence-corrected chi connectivity index (χ3v) is 7.24. The topological polar surface area (TPSA) is 72.3 Å². The molecule has 0 spiro atoms. The highest BCUT2D eigenvalue weighted by molar-refractivity contribution is 7.09. The minimum absolute atomic E-state index is 0.0986. The minimum atomic E-state index is -0.0988. The molecule has 0 saturated carbocycles. The van der Waals surface area contributed by atoms with Crippen molar-refractivity contribution < 1.29 is 9.53 Å². The summed E-state index contributed by atoms with van der Waals surface area (Å²) in [6.45, 7) is 5.16. The molecule has 176 valence electrons. The van der Waals surface area contributed by atoms with Gasteiger partial charge in [-0.25, -0.2) is 9.67 Å². The largest absolute Gasteiger partial charge is 0.497 e. The Labute approximate surface area is 203 Å². The zero-order valence-corrected chi connectivity index (χ0v) is 20.3. The van der Waals surface area contributed by atoms with Gasteiger partial charge >= 0.3 is 0 Å². The fourth-order valence-electron chi connectivity index (χ4n) is 4.67. The van der Waals surface area contributed by atoms with Crippen molar-refractivity contribution in [3.05, 3.63) is 75.7 Å². The number of amides is 1. The van der Waals surface area contributed by atoms with Crippen LogP contribution >= 0.6 is 11.3 Å². The number of hydrogen-bond donors (Lipinski definition) is 1. The first-order valence-corrected chi connectivity index (χ1v) is 12.5. The van der Waals surface area contributed by atoms with Crippen LogP contribution in [0.1, 0.15) is 45.4 Å². The van der Waals surface area contributed by atoms with E-state index in [-0.39, 0.29) is 11.9 Å². The number of thiophene rings is 1. The van der Waals surface area contributed by atoms with E-state index in [1.807, 2.05) is 35.9 Å². The lowest BCUT2D eigenvalue weighted by molar-refractivity contribution is 0.0939. The second-order valence-corrected chi connectivity index (χ2v) is 9.71. The van der Waals surface area contributed by atoms with Gasteiger partial charge in [0, 0.05) is 17.1 Å². The molecule has 8 heteroatoms. The van der Waals surface area contributed by atoms with Crippen molar-refractivity contribution in [2.24, 2.45) is 0 Å². The summed E-state index contributed by atoms with van der Waals surface area (Å²) in [7, 11) is 1.68. The number of carbonyl (C=O) groups excluding carboxylic acids is 1. The summed E-state index contributed by atoms with van der Waals surface area (Å²) in [5, 5.41) is 10.6. The second-order valence-electron chi connectivity index (χ2n) is 8.68. The monoisotopic (exact) mass is 475 g/mol. The Kier molecular flexibility index (Phi) is 6.60. The second kappa shape index (κ2) is 9.95. The standard InChI is InChI=1S/C26H29N5O2S/c1-18-13-22(23-15-28-31(25(23)29-18)17-21-9-6-12-34-21)26(32)27-16-24(30-10-3-4-11-30)19-7-5-8-20(14-19)33-2/h5-9,12-15,24H,3-4,10-11,16-17H2,1-2H3,(H,27,32)/t24-/m1/s1. The molecule has 7 nitrogen and oxygen atoms in total. The van der Waals surface area contributed by atoms with Crippen LogP contribution in [0.2, 0.25) is 0 Å². The van der Waals surface area contributed by atoms with Crippen LogP contribution < -0.4 is 10.1 Å². The van der Waals surface area contributed by atoms with Crippen LogP contribution in [0.5, 0.6) is 5.75 Å². The fraction of sp³-hybridized carbons (Fsp3) is 0.346. The summed E-state index contributed by atoms with van der Waals surface area (Å²) >= 11 is 1.69. The number of carbonyl (C=O) groups is 1. The van der Waals surface area contributed by atoms with Gasteiger partial charge in [-0.3, -0.25) is 9.69 Å². The Hall–Kier alpha value is -3.23. The van der Waals surface area contributed by atoms with Gasteiger partial charge < -0.3 is 10.1 Å². The summed E-state index contributed by atoms with van der Waals surface area (Å²) in [5.41, 5.74) is 3.31. The molecular formula is C26H29N5O2S. The molecule has 34 heavy (non-hydrogen) atoms. The molecule has 0 bridgehead atoms. The van der Waals surface area contributed by atoms with Gasteiger partial charge in [-0.2, -0.15) is 5.10 Å². The molecular weight excluding hydrogens is 446 g/mol. The number of nitrogens with zero attached hydrogens (tertiary/aromatic N) is 4. The highest BCUT2D eigenvalue weighted by atomic mass is 32.1. The number of likely N-dealkylation sites (tertiary alicyclic amines) is 1. The Morgan fingerprint density at radius 3 is 2.82 bits per heavy atom. The van der Waals surface area contributed by atoms with E-state index >= 15 is 0 Å². The lowest BCUT2D eigenvalue weighted by Crippen LogP contribution is -2.37. The van der Waals surface area contributed by atoms with Gasteiger partial charge in [0.25, 0.3) is 5.91 Å². The van der Waals surface area contributed by atoms with E-state index in [1.165, 1.54) is 17.7 Å². The maximum atomic E-state index is 13.4. The highest BCUT2D eigenvalue weighted by Gasteiger charge is 2.25. The van der Waals surface area contributed by atoms with E-state index in [2.05, 4.69) is 43.9 Å². The molecule has 1 saturated heterocycles. The summed E-state index contributed by atoms with van der Waals surface area (Å²) < 4.78 is 7.31. The van der Waals surface area contributed by atoms with Gasteiger partial charge in [0.1, 0.15) is 5.75 Å². The Morgan fingerprint density at radius 2 is 2.06 bits per heavy atom. The van der Waals surface area contributed by atoms with Crippen LogP contribution in [0.25, 0.3) is 11.0 Å². The fourth-order valence-corrected chi connectivity index (χ4v) is 5.36. The van der Waals surface area contributed by atoms with Crippen LogP contribution in [0.15, 0.2) is 54.0 Å². The third kappa shape index (κ3) is 4.69. The normalized spacial score (nSPS) is 15.0. The van der Waals surface area contributed by atoms with Gasteiger partial charge in [0.2, 0.25) is 0 Å². The Morgan fingerprint density at radius 1 is 1.21 bits per heavy atom. The number of rotatable bonds is 8. The number of aromatic nitrogens is 3. The summed E-state index contributed by atoms with van der Waals surface area (Å²) in [6.07, 6.45) is 4.12. The quantitative estimate of drug-likeness (QED) is 0.408. The van der Waals surface area contributed by atoms with Crippen LogP contribution in [-0.2, 0) is 6.54 Å². The van der Waals surface area contributed by atoms with Crippen LogP contribution in [-0.4, -0.2) is 52.3 Å². The zero-order valence-electron chi connectivity index (χ0n) is 19.5. The summed E-state index contributed by atoms with van der Waals surface area (Å²) in [5.74, 6) is 0.732. The van der Waals surface area contributed by atoms with Crippen LogP contribution in [0, 0.1) is 6.92 Å². The van der Waals surface area contributed by atoms with Crippen molar-refractivity contribution in [2.75, 3.05) is 26.7 Å².